The third kappa shape index (κ3) is 26.8. The molecule has 26 nitrogen and oxygen atoms in total. The molecule has 646 valence electrons. The highest BCUT2D eigenvalue weighted by Crippen LogP contribution is 2.41. The van der Waals surface area contributed by atoms with Crippen LogP contribution in [0.1, 0.15) is 111 Å². The first-order valence-corrected chi connectivity index (χ1v) is 41.8. The Kier molecular flexibility index (Phi) is 33.7. The third-order valence-electron chi connectivity index (χ3n) is 20.2. The number of carbonyl (C=O) groups excluding carboxylic acids is 3. The largest absolute Gasteiger partial charge is 0.542 e. The highest BCUT2D eigenvalue weighted by atomic mass is 35.5. The summed E-state index contributed by atoms with van der Waals surface area (Å²) in [5, 5.41) is 40.5. The Labute approximate surface area is 692 Å². The first-order chi connectivity index (χ1) is 54.5. The van der Waals surface area contributed by atoms with E-state index in [1.807, 2.05) is 80.0 Å². The number of carboxylic acid groups (broad SMARTS) is 3. The van der Waals surface area contributed by atoms with Gasteiger partial charge in [0.25, 0.3) is 0 Å². The average Bonchev–Trinajstić information content (AvgIpc) is 1.75. The number of quaternary nitrogens is 1. The van der Waals surface area contributed by atoms with Crippen LogP contribution in [0.3, 0.4) is 0 Å². The number of aryl methyl sites for hydroxylation is 4. The minimum absolute atomic E-state index is 0.0199. The van der Waals surface area contributed by atoms with Crippen LogP contribution in [0.2, 0.25) is 20.1 Å². The fraction of sp³-hybridized carbons (Fsp3) is 0.526. The van der Waals surface area contributed by atoms with Gasteiger partial charge >= 0.3 is 30.5 Å². The lowest BCUT2D eigenvalue weighted by atomic mass is 9.94. The van der Waals surface area contributed by atoms with E-state index in [4.69, 9.17) is 91.0 Å². The van der Waals surface area contributed by atoms with Gasteiger partial charge in [-0.15, -0.1) is 0 Å². The number of amides is 2. The van der Waals surface area contributed by atoms with E-state index in [0.717, 1.165) is 115 Å². The number of ether oxygens (including phenoxy) is 2. The van der Waals surface area contributed by atoms with Gasteiger partial charge in [-0.1, -0.05) is 96.4 Å². The molecule has 117 heavy (non-hydrogen) atoms. The Bertz CT molecular complexity index is 4710. The van der Waals surface area contributed by atoms with Crippen molar-refractivity contribution in [2.45, 2.75) is 157 Å². The number of piperazine rings is 2. The quantitative estimate of drug-likeness (QED) is 0.0116. The van der Waals surface area contributed by atoms with Gasteiger partial charge < -0.3 is 59.4 Å². The topological polar surface area (TPSA) is 346 Å². The maximum atomic E-state index is 14.1. The number of guanidine groups is 1. The van der Waals surface area contributed by atoms with Crippen LogP contribution in [0.15, 0.2) is 82.6 Å². The zero-order chi connectivity index (χ0) is 87.0. The molecule has 3 saturated heterocycles. The third-order valence-corrected chi connectivity index (χ3v) is 25.1. The van der Waals surface area contributed by atoms with Crippen molar-refractivity contribution < 1.29 is 110 Å². The molecule has 4 aromatic carbocycles. The predicted octanol–water partition coefficient (Wildman–Crippen LogP) is 11.5. The second kappa shape index (κ2) is 40.9. The van der Waals surface area contributed by atoms with Crippen LogP contribution in [-0.4, -0.2) is 233 Å². The number of carboxylic acids is 3. The van der Waals surface area contributed by atoms with Gasteiger partial charge in [0, 0.05) is 109 Å². The number of nitrogens with one attached hydrogen (secondary N) is 5. The van der Waals surface area contributed by atoms with E-state index in [0.29, 0.717) is 116 Å². The van der Waals surface area contributed by atoms with E-state index >= 15 is 0 Å². The summed E-state index contributed by atoms with van der Waals surface area (Å²) < 4.78 is 170. The Morgan fingerprint density at radius 2 is 0.966 bits per heavy atom. The fourth-order valence-electron chi connectivity index (χ4n) is 14.1. The van der Waals surface area contributed by atoms with Crippen LogP contribution >= 0.6 is 46.4 Å². The number of fused-ring (bicyclic) bond motifs is 2. The Hall–Kier alpha value is -7.85. The van der Waals surface area contributed by atoms with Gasteiger partial charge in [-0.2, -0.15) is 49.0 Å². The summed E-state index contributed by atoms with van der Waals surface area (Å²) in [6.45, 7) is 17.3. The molecule has 0 unspecified atom stereocenters. The number of sulfonamides is 2. The molecular formula is C76H95Cl4F9N12O14S2. The molecule has 0 radical (unpaired) electrons. The summed E-state index contributed by atoms with van der Waals surface area (Å²) in [7, 11) is -2.01. The molecule has 2 aromatic heterocycles. The number of hydrogen-bond acceptors (Lipinski definition) is 17. The number of halogens is 13. The van der Waals surface area contributed by atoms with E-state index in [1.54, 1.807) is 11.0 Å². The SMILES string of the molecule is Cc1cc(C)c2cccc(OCc3c(Cl)ccc(S(=O)(=O)NC4(C(=O)N5CCN(C(=N)NCCC[N+](C)(C)C)CC5)CCCC4)c3Cl)c2n1.Cc1cc(C)c2cccc(OCc3c(Cl)ccc(S(=O)(=O)NC4(C(=O)N5CCN(CCC6CCNCC6)CC5)CCCC4)c3Cl)c2n1.O=C(O)C(F)(F)F.O=C(O)C(F)(F)F.O=C([O-])C(F)(F)F. The predicted molar refractivity (Wildman–Crippen MR) is 420 cm³/mol. The summed E-state index contributed by atoms with van der Waals surface area (Å²) >= 11 is 26.7. The van der Waals surface area contributed by atoms with E-state index in [-0.39, 0.29) is 49.9 Å². The molecule has 7 N–H and O–H groups in total. The van der Waals surface area contributed by atoms with Gasteiger partial charge in [0.2, 0.25) is 31.9 Å². The molecule has 41 heteroatoms. The summed E-state index contributed by atoms with van der Waals surface area (Å²) in [5.74, 6) is -6.70. The van der Waals surface area contributed by atoms with Crippen LogP contribution in [-0.2, 0) is 57.2 Å². The molecule has 5 aliphatic rings. The van der Waals surface area contributed by atoms with Gasteiger partial charge in [-0.25, -0.2) is 36.4 Å². The van der Waals surface area contributed by atoms with E-state index in [1.165, 1.54) is 43.5 Å². The van der Waals surface area contributed by atoms with Crippen molar-refractivity contribution in [3.63, 3.8) is 0 Å². The first-order valence-electron chi connectivity index (χ1n) is 37.3. The zero-order valence-electron chi connectivity index (χ0n) is 65.3. The number of aromatic nitrogens is 2. The van der Waals surface area contributed by atoms with Gasteiger partial charge in [0.15, 0.2) is 5.96 Å². The summed E-state index contributed by atoms with van der Waals surface area (Å²) in [6, 6.07) is 21.1. The van der Waals surface area contributed by atoms with Gasteiger partial charge in [-0.3, -0.25) is 19.9 Å². The molecule has 0 bridgehead atoms. The average molecular weight is 1780 g/mol. The van der Waals surface area contributed by atoms with Crippen molar-refractivity contribution in [2.75, 3.05) is 106 Å². The molecule has 2 saturated carbocycles. The molecule has 3 aliphatic heterocycles. The number of aliphatic carboxylic acids is 3. The lowest BCUT2D eigenvalue weighted by Crippen LogP contribution is -2.62. The van der Waals surface area contributed by atoms with E-state index < -0.39 is 67.6 Å². The number of pyridine rings is 2. The summed E-state index contributed by atoms with van der Waals surface area (Å²) in [6.07, 6.45) is -6.08. The molecule has 2 aliphatic carbocycles. The van der Waals surface area contributed by atoms with E-state index in [9.17, 15) is 65.9 Å². The molecule has 5 heterocycles. The highest BCUT2D eigenvalue weighted by molar-refractivity contribution is 7.90. The number of benzene rings is 4. The van der Waals surface area contributed by atoms with Crippen molar-refractivity contribution in [3.05, 3.63) is 127 Å². The molecule has 11 rings (SSSR count). The number of alkyl halides is 9. The molecule has 5 fully saturated rings. The number of rotatable bonds is 21. The van der Waals surface area contributed by atoms with Gasteiger partial charge in [0.1, 0.15) is 62.6 Å². The highest BCUT2D eigenvalue weighted by Gasteiger charge is 2.50. The van der Waals surface area contributed by atoms with Crippen LogP contribution in [0, 0.1) is 39.0 Å². The number of piperidine rings is 1. The fourth-order valence-corrected chi connectivity index (χ4v) is 18.7. The first kappa shape index (κ1) is 96.3. The number of hydrogen-bond donors (Lipinski definition) is 7. The Balaban J connectivity index is 0.000000259. The summed E-state index contributed by atoms with van der Waals surface area (Å²) in [5.41, 5.74) is 3.49. The molecule has 2 amide bonds. The monoisotopic (exact) mass is 1770 g/mol. The molecular weight excluding hydrogens is 1680 g/mol. The van der Waals surface area contributed by atoms with Crippen LogP contribution in [0.4, 0.5) is 39.5 Å². The summed E-state index contributed by atoms with van der Waals surface area (Å²) in [4.78, 5) is 71.7. The van der Waals surface area contributed by atoms with Gasteiger partial charge in [0.05, 0.1) is 37.7 Å². The smallest absolute Gasteiger partial charge is 0.490 e. The van der Waals surface area contributed by atoms with Crippen LogP contribution in [0.25, 0.3) is 21.8 Å². The van der Waals surface area contributed by atoms with Crippen molar-refractivity contribution in [1.82, 2.24) is 49.6 Å². The second-order valence-corrected chi connectivity index (χ2v) is 34.8. The molecule has 0 spiro atoms. The van der Waals surface area contributed by atoms with Crippen LogP contribution in [0.5, 0.6) is 11.5 Å². The lowest BCUT2D eigenvalue weighted by molar-refractivity contribution is -0.870. The molecule has 6 aromatic rings. The number of carbonyl (C=O) groups is 5. The second-order valence-electron chi connectivity index (χ2n) is 29.9. The zero-order valence-corrected chi connectivity index (χ0v) is 69.9. The maximum Gasteiger partial charge on any atom is 0.490 e. The molecule has 0 atom stereocenters. The minimum atomic E-state index is -5.19. The normalized spacial score (nSPS) is 16.8. The standard InChI is InChI=1S/C35H48Cl2N7O4S.C35H45Cl2N5O4S.3C2HF3O2/c1-24-22-25(2)40-32-26(24)10-8-11-29(32)48-23-27-28(36)12-13-30(31(27)37)49(46,47)41-35(14-6-7-15-35)33(45)42-17-19-43(20-18-42)34(38)39-16-9-21-44(3,4)5;1-24-22-25(2)39-33-27(24)6-5-7-30(33)46-23-28-29(36)8-9-31(32(28)37)47(44,45)40-35(13-3-4-14-35)34(43)42-20-18-41(19-21-42)17-12-26-10-15-38-16-11-26;3*3-2(4,5)1(6)7/h8,10-13,22,41H,6-7,9,14-21,23H2,1-5H3,(H2,38,39);5-9,22,26,38,40H,3-4,10-21,23H2,1-2H3;3*(H,6,7)/q+1;;;;/p-1. The lowest BCUT2D eigenvalue weighted by Gasteiger charge is -2.40. The Morgan fingerprint density at radius 1 is 0.598 bits per heavy atom. The maximum absolute atomic E-state index is 14.1. The van der Waals surface area contributed by atoms with Crippen LogP contribution < -0.4 is 34.7 Å². The van der Waals surface area contributed by atoms with Crippen molar-refractivity contribution in [2.24, 2.45) is 5.92 Å². The van der Waals surface area contributed by atoms with Crippen molar-refractivity contribution >= 4 is 124 Å². The number of para-hydroxylation sites is 2. The van der Waals surface area contributed by atoms with E-state index in [2.05, 4.69) is 56.1 Å². The van der Waals surface area contributed by atoms with Crippen molar-refractivity contribution in [3.8, 4) is 11.5 Å². The minimum Gasteiger partial charge on any atom is -0.542 e. The Morgan fingerprint density at radius 3 is 1.32 bits per heavy atom. The van der Waals surface area contributed by atoms with Crippen molar-refractivity contribution in [1.29, 1.82) is 5.41 Å². The number of nitrogens with zero attached hydrogens (tertiary/aromatic N) is 7. The van der Waals surface area contributed by atoms with Gasteiger partial charge in [-0.05, 0) is 158 Å².